The fourth-order valence-electron chi connectivity index (χ4n) is 8.55. The number of rotatable bonds is 15. The molecule has 22 heteroatoms. The Labute approximate surface area is 421 Å². The van der Waals surface area contributed by atoms with Crippen molar-refractivity contribution in [3.8, 4) is 33.5 Å². The van der Waals surface area contributed by atoms with Crippen LogP contribution in [-0.4, -0.2) is 99.2 Å². The summed E-state index contributed by atoms with van der Waals surface area (Å²) in [5.41, 5.74) is -1.53. The number of nitriles is 1. The van der Waals surface area contributed by atoms with E-state index < -0.39 is 99.5 Å². The number of carbonyl (C=O) groups excluding carboxylic acids is 4. The lowest BCUT2D eigenvalue weighted by Gasteiger charge is -2.35. The zero-order valence-electron chi connectivity index (χ0n) is 39.9. The monoisotopic (exact) mass is 1030 g/mol. The fraction of sp³-hybridized carbons (Fsp3) is 0.380. The van der Waals surface area contributed by atoms with Crippen LogP contribution < -0.4 is 25.2 Å². The second kappa shape index (κ2) is 21.2. The largest absolute Gasteiger partial charge is 0.488 e. The Morgan fingerprint density at radius 1 is 1.01 bits per heavy atom. The Kier molecular flexibility index (Phi) is 15.6. The van der Waals surface area contributed by atoms with Gasteiger partial charge in [0.15, 0.2) is 22.9 Å². The van der Waals surface area contributed by atoms with E-state index in [0.717, 1.165) is 38.7 Å². The number of nitrogens with zero attached hydrogens (tertiary/aromatic N) is 6. The Morgan fingerprint density at radius 2 is 1.72 bits per heavy atom. The van der Waals surface area contributed by atoms with E-state index in [1.165, 1.54) is 77.6 Å². The summed E-state index contributed by atoms with van der Waals surface area (Å²) in [6.45, 7) is 9.49. The zero-order valence-corrected chi connectivity index (χ0v) is 41.6. The van der Waals surface area contributed by atoms with Crippen LogP contribution in [0, 0.1) is 35.3 Å². The fourth-order valence-corrected chi connectivity index (χ4v) is 10.0. The summed E-state index contributed by atoms with van der Waals surface area (Å²) in [5.74, 6) is -5.05. The molecule has 5 aromatic rings. The molecule has 380 valence electrons. The Balaban J connectivity index is 0.902. The summed E-state index contributed by atoms with van der Waals surface area (Å²) in [6.07, 6.45) is -4.79. The molecular weight excluding hydrogens is 984 g/mol. The molecule has 1 unspecified atom stereocenters. The number of thiazole rings is 1. The van der Waals surface area contributed by atoms with E-state index in [2.05, 4.69) is 33.2 Å². The van der Waals surface area contributed by atoms with Crippen molar-refractivity contribution in [1.82, 2.24) is 25.5 Å². The standard InChI is InChI=1S/C50H51F5N8O7S2/c1-27-42(72-26-59-27)29-9-7-28(8-10-29)22-58-44(66)37-20-33(64)24-61(37)45(67)43(48(2,3)4)60-39(65)25-69-17-18-70-38-16-12-30(19-34(38)51)35-14-13-32(23-57-35)63-47(71)62(46(68)49(63,5)6)36-15-11-31(21-56)40(41(36)52)50(53,54)55/h7-16,19,23,26,33,37,43,47,64,71H,17-18,20,22,24-25H2,1-6H3,(H,58,66)(H,60,65)/t33-,37+,43-,47?/m1/s1. The van der Waals surface area contributed by atoms with Crippen LogP contribution in [0.2, 0.25) is 0 Å². The topological polar surface area (TPSA) is 190 Å². The van der Waals surface area contributed by atoms with E-state index >= 15 is 8.78 Å². The number of likely N-dealkylation sites (tertiary alicyclic amines) is 1. The van der Waals surface area contributed by atoms with Crippen LogP contribution in [0.15, 0.2) is 78.4 Å². The van der Waals surface area contributed by atoms with E-state index in [-0.39, 0.29) is 44.2 Å². The van der Waals surface area contributed by atoms with E-state index in [0.29, 0.717) is 11.3 Å². The first-order chi connectivity index (χ1) is 33.9. The van der Waals surface area contributed by atoms with Crippen LogP contribution in [0.4, 0.5) is 33.3 Å². The van der Waals surface area contributed by atoms with Gasteiger partial charge in [-0.15, -0.1) is 24.0 Å². The zero-order chi connectivity index (χ0) is 52.4. The van der Waals surface area contributed by atoms with Crippen LogP contribution in [0.3, 0.4) is 0 Å². The number of aliphatic hydroxyl groups is 1. The maximum atomic E-state index is 15.5. The number of nitrogens with one attached hydrogen (secondary N) is 2. The Hall–Kier alpha value is -6.67. The summed E-state index contributed by atoms with van der Waals surface area (Å²) in [4.78, 5) is 67.4. The molecule has 0 radical (unpaired) electrons. The first kappa shape index (κ1) is 53.1. The van der Waals surface area contributed by atoms with Crippen molar-refractivity contribution >= 4 is 59.0 Å². The van der Waals surface area contributed by atoms with Crippen LogP contribution in [0.5, 0.6) is 5.75 Å². The number of halogens is 5. The number of aliphatic hydroxyl groups excluding tert-OH is 1. The summed E-state index contributed by atoms with van der Waals surface area (Å²) >= 11 is 6.03. The maximum Gasteiger partial charge on any atom is 0.420 e. The quantitative estimate of drug-likeness (QED) is 0.0465. The van der Waals surface area contributed by atoms with Gasteiger partial charge in [0.1, 0.15) is 36.4 Å². The number of aryl methyl sites for hydroxylation is 1. The van der Waals surface area contributed by atoms with Crippen molar-refractivity contribution < 1.29 is 55.7 Å². The molecule has 4 heterocycles. The molecule has 4 atom stereocenters. The average molecular weight is 1040 g/mol. The molecule has 0 bridgehead atoms. The number of carbonyl (C=O) groups is 4. The molecule has 0 aliphatic carbocycles. The van der Waals surface area contributed by atoms with Gasteiger partial charge in [-0.2, -0.15) is 18.4 Å². The maximum absolute atomic E-state index is 15.5. The van der Waals surface area contributed by atoms with Crippen molar-refractivity contribution in [3.63, 3.8) is 0 Å². The van der Waals surface area contributed by atoms with Crippen LogP contribution >= 0.6 is 24.0 Å². The van der Waals surface area contributed by atoms with Gasteiger partial charge < -0.3 is 35.0 Å². The van der Waals surface area contributed by atoms with Gasteiger partial charge in [0.25, 0.3) is 5.91 Å². The highest BCUT2D eigenvalue weighted by molar-refractivity contribution is 7.81. The predicted molar refractivity (Wildman–Crippen MR) is 261 cm³/mol. The Morgan fingerprint density at radius 3 is 2.33 bits per heavy atom. The number of alkyl halides is 3. The number of anilines is 2. The van der Waals surface area contributed by atoms with E-state index in [4.69, 9.17) is 9.47 Å². The summed E-state index contributed by atoms with van der Waals surface area (Å²) in [5, 5.41) is 25.3. The van der Waals surface area contributed by atoms with E-state index in [1.807, 2.05) is 31.2 Å². The SMILES string of the molecule is Cc1ncsc1-c1ccc(CNC(=O)[C@@H]2C[C@@H](O)CN2C(=O)[C@@H](NC(=O)COCCOc2ccc(-c3ccc(N4C(S)N(c5ccc(C#N)c(C(F)(F)F)c5F)C(=O)C4(C)C)cn3)cc2F)C(C)(C)C)cc1. The van der Waals surface area contributed by atoms with E-state index in [9.17, 15) is 42.7 Å². The van der Waals surface area contributed by atoms with Crippen molar-refractivity contribution in [2.24, 2.45) is 5.41 Å². The molecule has 72 heavy (non-hydrogen) atoms. The number of amides is 4. The van der Waals surface area contributed by atoms with Crippen molar-refractivity contribution in [2.75, 3.05) is 36.2 Å². The lowest BCUT2D eigenvalue weighted by molar-refractivity contribution is -0.144. The lowest BCUT2D eigenvalue weighted by Crippen LogP contribution is -2.58. The molecule has 7 rings (SSSR count). The van der Waals surface area contributed by atoms with E-state index in [1.54, 1.807) is 26.3 Å². The highest BCUT2D eigenvalue weighted by Gasteiger charge is 2.53. The van der Waals surface area contributed by atoms with Crippen LogP contribution in [0.25, 0.3) is 21.7 Å². The van der Waals surface area contributed by atoms with Gasteiger partial charge >= 0.3 is 6.18 Å². The minimum atomic E-state index is -5.22. The summed E-state index contributed by atoms with van der Waals surface area (Å²) in [7, 11) is 0. The molecule has 0 spiro atoms. The number of thiol groups is 1. The number of pyridine rings is 1. The molecule has 3 aromatic carbocycles. The molecule has 2 saturated heterocycles. The summed E-state index contributed by atoms with van der Waals surface area (Å²) in [6, 6.07) is 15.8. The van der Waals surface area contributed by atoms with Crippen molar-refractivity contribution in [1.29, 1.82) is 5.26 Å². The molecule has 2 aliphatic rings. The highest BCUT2D eigenvalue weighted by Crippen LogP contribution is 2.44. The minimum Gasteiger partial charge on any atom is -0.488 e. The smallest absolute Gasteiger partial charge is 0.420 e. The molecular formula is C50H51F5N8O7S2. The predicted octanol–water partition coefficient (Wildman–Crippen LogP) is 7.40. The third-order valence-corrected chi connectivity index (χ3v) is 13.7. The van der Waals surface area contributed by atoms with Gasteiger partial charge in [0, 0.05) is 25.1 Å². The third kappa shape index (κ3) is 11.2. The van der Waals surface area contributed by atoms with Crippen LogP contribution in [0.1, 0.15) is 63.4 Å². The molecule has 4 amide bonds. The summed E-state index contributed by atoms with van der Waals surface area (Å²) < 4.78 is 83.2. The van der Waals surface area contributed by atoms with Gasteiger partial charge in [0.2, 0.25) is 17.7 Å². The highest BCUT2D eigenvalue weighted by atomic mass is 32.1. The molecule has 0 saturated carbocycles. The number of ether oxygens (including phenoxy) is 2. The number of β-amino-alcohol motifs (C(OH)–C–C–N with tert-alkyl or cyclic N) is 1. The molecule has 15 nitrogen and oxygen atoms in total. The first-order valence-electron chi connectivity index (χ1n) is 22.5. The average Bonchev–Trinajstić information content (AvgIpc) is 3.99. The normalized spacial score (nSPS) is 18.2. The number of benzene rings is 3. The Bertz CT molecular complexity index is 2890. The lowest BCUT2D eigenvalue weighted by atomic mass is 9.85. The van der Waals surface area contributed by atoms with Gasteiger partial charge in [-0.3, -0.25) is 29.1 Å². The van der Waals surface area contributed by atoms with Gasteiger partial charge in [-0.1, -0.05) is 45.0 Å². The number of aromatic nitrogens is 2. The van der Waals surface area contributed by atoms with Crippen molar-refractivity contribution in [3.05, 3.63) is 112 Å². The molecule has 2 fully saturated rings. The minimum absolute atomic E-state index is 0.0261. The molecule has 2 aromatic heterocycles. The van der Waals surface area contributed by atoms with Crippen molar-refractivity contribution in [2.45, 2.75) is 89.9 Å². The van der Waals surface area contributed by atoms with Gasteiger partial charge in [-0.25, -0.2) is 13.8 Å². The number of hydrogen-bond donors (Lipinski definition) is 4. The second-order valence-corrected chi connectivity index (χ2v) is 20.1. The third-order valence-electron chi connectivity index (χ3n) is 12.3. The first-order valence-corrected chi connectivity index (χ1v) is 23.9. The van der Waals surface area contributed by atoms with Crippen LogP contribution in [-0.2, 0) is 36.6 Å². The molecule has 2 aliphatic heterocycles. The van der Waals surface area contributed by atoms with Gasteiger partial charge in [-0.05, 0) is 79.8 Å². The molecule has 3 N–H and O–H groups in total. The number of hydrogen-bond acceptors (Lipinski definition) is 13. The van der Waals surface area contributed by atoms with Gasteiger partial charge in [0.05, 0.1) is 63.7 Å². The second-order valence-electron chi connectivity index (χ2n) is 18.8.